The van der Waals surface area contributed by atoms with Crippen molar-refractivity contribution in [2.75, 3.05) is 24.6 Å². The third-order valence-corrected chi connectivity index (χ3v) is 4.84. The van der Waals surface area contributed by atoms with Crippen molar-refractivity contribution in [3.05, 3.63) is 28.6 Å². The molecule has 0 spiro atoms. The van der Waals surface area contributed by atoms with Crippen LogP contribution in [0.4, 0.5) is 5.82 Å². The molecule has 3 aromatic heterocycles. The normalized spacial score (nSPS) is 19.0. The largest absolute Gasteiger partial charge is 0.367 e. The SMILES string of the molecule is Cc1csc(C2CN(c3ncnc4c3cnn4C)CCO2)n1. The van der Waals surface area contributed by atoms with E-state index in [1.165, 1.54) is 0 Å². The number of aryl methyl sites for hydroxylation is 2. The molecule has 7 nitrogen and oxygen atoms in total. The number of nitrogens with zero attached hydrogens (tertiary/aromatic N) is 6. The van der Waals surface area contributed by atoms with Crippen LogP contribution in [0.3, 0.4) is 0 Å². The van der Waals surface area contributed by atoms with Gasteiger partial charge < -0.3 is 9.64 Å². The summed E-state index contributed by atoms with van der Waals surface area (Å²) in [5, 5.41) is 8.33. The van der Waals surface area contributed by atoms with E-state index in [-0.39, 0.29) is 6.10 Å². The second kappa shape index (κ2) is 5.29. The first-order chi connectivity index (χ1) is 10.7. The van der Waals surface area contributed by atoms with Crippen LogP contribution in [-0.2, 0) is 11.8 Å². The summed E-state index contributed by atoms with van der Waals surface area (Å²) in [6.07, 6.45) is 3.41. The summed E-state index contributed by atoms with van der Waals surface area (Å²) < 4.78 is 7.65. The number of fused-ring (bicyclic) bond motifs is 1. The van der Waals surface area contributed by atoms with Gasteiger partial charge in [0.05, 0.1) is 24.7 Å². The summed E-state index contributed by atoms with van der Waals surface area (Å²) >= 11 is 1.65. The van der Waals surface area contributed by atoms with E-state index in [1.54, 1.807) is 22.3 Å². The summed E-state index contributed by atoms with van der Waals surface area (Å²) in [6, 6.07) is 0. The van der Waals surface area contributed by atoms with Gasteiger partial charge in [0.2, 0.25) is 0 Å². The van der Waals surface area contributed by atoms with Crippen LogP contribution < -0.4 is 4.90 Å². The zero-order valence-electron chi connectivity index (χ0n) is 12.4. The zero-order chi connectivity index (χ0) is 15.1. The molecule has 1 fully saturated rings. The summed E-state index contributed by atoms with van der Waals surface area (Å²) in [6.45, 7) is 4.22. The Bertz CT molecular complexity index is 813. The van der Waals surface area contributed by atoms with Crippen LogP contribution in [0.2, 0.25) is 0 Å². The fourth-order valence-electron chi connectivity index (χ4n) is 2.71. The van der Waals surface area contributed by atoms with E-state index in [0.717, 1.165) is 40.6 Å². The molecule has 0 aliphatic carbocycles. The van der Waals surface area contributed by atoms with Gasteiger partial charge in [-0.1, -0.05) is 0 Å². The van der Waals surface area contributed by atoms with E-state index in [9.17, 15) is 0 Å². The lowest BCUT2D eigenvalue weighted by Gasteiger charge is -2.32. The average Bonchev–Trinajstić information content (AvgIpc) is 3.14. The van der Waals surface area contributed by atoms with Gasteiger partial charge >= 0.3 is 0 Å². The highest BCUT2D eigenvalue weighted by Gasteiger charge is 2.26. The van der Waals surface area contributed by atoms with Crippen molar-refractivity contribution >= 4 is 28.2 Å². The Morgan fingerprint density at radius 1 is 1.36 bits per heavy atom. The fourth-order valence-corrected chi connectivity index (χ4v) is 3.55. The third-order valence-electron chi connectivity index (χ3n) is 3.79. The van der Waals surface area contributed by atoms with Crippen LogP contribution in [0.5, 0.6) is 0 Å². The van der Waals surface area contributed by atoms with Gasteiger partial charge in [0.15, 0.2) is 5.65 Å². The molecule has 22 heavy (non-hydrogen) atoms. The summed E-state index contributed by atoms with van der Waals surface area (Å²) in [5.74, 6) is 0.916. The van der Waals surface area contributed by atoms with E-state index in [4.69, 9.17) is 4.74 Å². The molecule has 0 bridgehead atoms. The minimum Gasteiger partial charge on any atom is -0.367 e. The molecule has 8 heteroatoms. The van der Waals surface area contributed by atoms with Crippen molar-refractivity contribution in [3.63, 3.8) is 0 Å². The van der Waals surface area contributed by atoms with E-state index in [2.05, 4.69) is 30.3 Å². The second-order valence-electron chi connectivity index (χ2n) is 5.34. The Morgan fingerprint density at radius 2 is 2.27 bits per heavy atom. The van der Waals surface area contributed by atoms with Crippen molar-refractivity contribution in [2.45, 2.75) is 13.0 Å². The van der Waals surface area contributed by atoms with E-state index < -0.39 is 0 Å². The van der Waals surface area contributed by atoms with Crippen molar-refractivity contribution in [3.8, 4) is 0 Å². The van der Waals surface area contributed by atoms with Crippen LogP contribution >= 0.6 is 11.3 Å². The molecule has 4 rings (SSSR count). The van der Waals surface area contributed by atoms with Gasteiger partial charge in [0, 0.05) is 24.7 Å². The molecule has 0 amide bonds. The lowest BCUT2D eigenvalue weighted by atomic mass is 10.2. The van der Waals surface area contributed by atoms with Crippen molar-refractivity contribution in [1.29, 1.82) is 0 Å². The second-order valence-corrected chi connectivity index (χ2v) is 6.22. The molecule has 1 unspecified atom stereocenters. The van der Waals surface area contributed by atoms with Gasteiger partial charge in [-0.15, -0.1) is 11.3 Å². The molecule has 3 aromatic rings. The lowest BCUT2D eigenvalue weighted by Crippen LogP contribution is -2.39. The summed E-state index contributed by atoms with van der Waals surface area (Å²) in [7, 11) is 1.89. The van der Waals surface area contributed by atoms with E-state index in [1.807, 2.05) is 20.2 Å². The Balaban J connectivity index is 1.66. The van der Waals surface area contributed by atoms with Gasteiger partial charge in [-0.3, -0.25) is 4.68 Å². The number of rotatable bonds is 2. The van der Waals surface area contributed by atoms with Crippen molar-refractivity contribution < 1.29 is 4.74 Å². The minimum absolute atomic E-state index is 0.00543. The topological polar surface area (TPSA) is 69.0 Å². The smallest absolute Gasteiger partial charge is 0.163 e. The van der Waals surface area contributed by atoms with E-state index >= 15 is 0 Å². The van der Waals surface area contributed by atoms with E-state index in [0.29, 0.717) is 6.61 Å². The first-order valence-electron chi connectivity index (χ1n) is 7.13. The van der Waals surface area contributed by atoms with Gasteiger partial charge in [-0.05, 0) is 6.92 Å². The molecular formula is C14H16N6OS. The monoisotopic (exact) mass is 316 g/mol. The fraction of sp³-hybridized carbons (Fsp3) is 0.429. The number of hydrogen-bond donors (Lipinski definition) is 0. The molecule has 1 saturated heterocycles. The number of ether oxygens (including phenoxy) is 1. The Kier molecular flexibility index (Phi) is 3.27. The van der Waals surface area contributed by atoms with Crippen LogP contribution in [-0.4, -0.2) is 44.4 Å². The quantitative estimate of drug-likeness (QED) is 0.717. The highest BCUT2D eigenvalue weighted by Crippen LogP contribution is 2.29. The molecule has 0 radical (unpaired) electrons. The maximum Gasteiger partial charge on any atom is 0.163 e. The number of morpholine rings is 1. The molecular weight excluding hydrogens is 300 g/mol. The highest BCUT2D eigenvalue weighted by molar-refractivity contribution is 7.09. The van der Waals surface area contributed by atoms with Gasteiger partial charge in [0.25, 0.3) is 0 Å². The van der Waals surface area contributed by atoms with Gasteiger partial charge in [0.1, 0.15) is 23.3 Å². The number of anilines is 1. The predicted molar refractivity (Wildman–Crippen MR) is 84.1 cm³/mol. The van der Waals surface area contributed by atoms with Crippen LogP contribution in [0, 0.1) is 6.92 Å². The molecule has 0 N–H and O–H groups in total. The maximum absolute atomic E-state index is 5.89. The maximum atomic E-state index is 5.89. The molecule has 1 aliphatic rings. The lowest BCUT2D eigenvalue weighted by molar-refractivity contribution is 0.0394. The van der Waals surface area contributed by atoms with Gasteiger partial charge in [-0.2, -0.15) is 5.10 Å². The summed E-state index contributed by atoms with van der Waals surface area (Å²) in [5.41, 5.74) is 1.88. The Labute approximate surface area is 131 Å². The van der Waals surface area contributed by atoms with Gasteiger partial charge in [-0.25, -0.2) is 15.0 Å². The number of hydrogen-bond acceptors (Lipinski definition) is 7. The van der Waals surface area contributed by atoms with Crippen LogP contribution in [0.1, 0.15) is 16.8 Å². The first-order valence-corrected chi connectivity index (χ1v) is 8.01. The third kappa shape index (κ3) is 2.24. The first kappa shape index (κ1) is 13.6. The minimum atomic E-state index is -0.00543. The Morgan fingerprint density at radius 3 is 3.09 bits per heavy atom. The Hall–Kier alpha value is -2.06. The molecule has 1 atom stereocenters. The molecule has 1 aliphatic heterocycles. The average molecular weight is 316 g/mol. The van der Waals surface area contributed by atoms with Crippen molar-refractivity contribution in [1.82, 2.24) is 24.7 Å². The standard InChI is InChI=1S/C14H16N6OS/c1-9-7-22-14(18-9)11-6-20(3-4-21-11)13-10-5-17-19(2)12(10)15-8-16-13/h5,7-8,11H,3-4,6H2,1-2H3. The molecule has 4 heterocycles. The zero-order valence-corrected chi connectivity index (χ0v) is 13.2. The molecule has 0 aromatic carbocycles. The number of thiazole rings is 1. The molecule has 0 saturated carbocycles. The summed E-state index contributed by atoms with van der Waals surface area (Å²) in [4.78, 5) is 15.5. The van der Waals surface area contributed by atoms with Crippen LogP contribution in [0.15, 0.2) is 17.9 Å². The highest BCUT2D eigenvalue weighted by atomic mass is 32.1. The number of aromatic nitrogens is 5. The van der Waals surface area contributed by atoms with Crippen LogP contribution in [0.25, 0.3) is 11.0 Å². The molecule has 114 valence electrons. The predicted octanol–water partition coefficient (Wildman–Crippen LogP) is 1.71. The van der Waals surface area contributed by atoms with Crippen molar-refractivity contribution in [2.24, 2.45) is 7.05 Å².